The summed E-state index contributed by atoms with van der Waals surface area (Å²) in [4.78, 5) is 6.55. The molecule has 0 bridgehead atoms. The van der Waals surface area contributed by atoms with Crippen LogP contribution in [0.1, 0.15) is 24.8 Å². The fourth-order valence-electron chi connectivity index (χ4n) is 2.03. The van der Waals surface area contributed by atoms with Crippen molar-refractivity contribution in [2.24, 2.45) is 0 Å². The standard InChI is InChI=1S/C11H16N2/c1-2-13-8-5-11(9-13)10-3-6-12-7-4-10/h3-4,6-7,11H,2,5,8-9H2,1H3. The number of hydrogen-bond acceptors (Lipinski definition) is 2. The van der Waals surface area contributed by atoms with Crippen LogP contribution in [-0.4, -0.2) is 29.5 Å². The van der Waals surface area contributed by atoms with Gasteiger partial charge in [-0.2, -0.15) is 0 Å². The third kappa shape index (κ3) is 1.89. The fraction of sp³-hybridized carbons (Fsp3) is 0.545. The summed E-state index contributed by atoms with van der Waals surface area (Å²) in [7, 11) is 0. The summed E-state index contributed by atoms with van der Waals surface area (Å²) >= 11 is 0. The van der Waals surface area contributed by atoms with Gasteiger partial charge in [0.2, 0.25) is 0 Å². The first-order valence-electron chi connectivity index (χ1n) is 5.02. The van der Waals surface area contributed by atoms with Crippen LogP contribution in [0.5, 0.6) is 0 Å². The summed E-state index contributed by atoms with van der Waals surface area (Å²) in [5.41, 5.74) is 1.45. The van der Waals surface area contributed by atoms with Crippen molar-refractivity contribution in [1.82, 2.24) is 9.88 Å². The first-order valence-corrected chi connectivity index (χ1v) is 5.02. The van der Waals surface area contributed by atoms with Gasteiger partial charge in [0.15, 0.2) is 0 Å². The largest absolute Gasteiger partial charge is 0.303 e. The van der Waals surface area contributed by atoms with Gasteiger partial charge in [0, 0.05) is 18.9 Å². The van der Waals surface area contributed by atoms with Crippen molar-refractivity contribution in [3.8, 4) is 0 Å². The van der Waals surface area contributed by atoms with Crippen LogP contribution in [0.15, 0.2) is 24.5 Å². The van der Waals surface area contributed by atoms with Crippen LogP contribution in [-0.2, 0) is 0 Å². The van der Waals surface area contributed by atoms with Crippen molar-refractivity contribution in [2.75, 3.05) is 19.6 Å². The number of aromatic nitrogens is 1. The molecule has 2 heteroatoms. The van der Waals surface area contributed by atoms with Gasteiger partial charge in [-0.3, -0.25) is 4.98 Å². The zero-order valence-electron chi connectivity index (χ0n) is 8.11. The number of hydrogen-bond donors (Lipinski definition) is 0. The van der Waals surface area contributed by atoms with Crippen LogP contribution in [0.4, 0.5) is 0 Å². The molecule has 13 heavy (non-hydrogen) atoms. The van der Waals surface area contributed by atoms with Gasteiger partial charge in [-0.15, -0.1) is 0 Å². The first-order chi connectivity index (χ1) is 6.40. The Balaban J connectivity index is 2.04. The van der Waals surface area contributed by atoms with Crippen molar-refractivity contribution in [1.29, 1.82) is 0 Å². The van der Waals surface area contributed by atoms with Crippen molar-refractivity contribution < 1.29 is 0 Å². The summed E-state index contributed by atoms with van der Waals surface area (Å²) in [5.74, 6) is 0.739. The van der Waals surface area contributed by atoms with Crippen molar-refractivity contribution in [3.63, 3.8) is 0 Å². The maximum atomic E-state index is 4.04. The zero-order valence-corrected chi connectivity index (χ0v) is 8.11. The minimum Gasteiger partial charge on any atom is -0.303 e. The highest BCUT2D eigenvalue weighted by Gasteiger charge is 2.21. The van der Waals surface area contributed by atoms with Gasteiger partial charge in [0.1, 0.15) is 0 Å². The molecule has 2 nitrogen and oxygen atoms in total. The van der Waals surface area contributed by atoms with E-state index >= 15 is 0 Å². The lowest BCUT2D eigenvalue weighted by molar-refractivity contribution is 0.354. The molecule has 1 saturated heterocycles. The highest BCUT2D eigenvalue weighted by Crippen LogP contribution is 2.25. The van der Waals surface area contributed by atoms with Crippen LogP contribution in [0.25, 0.3) is 0 Å². The van der Waals surface area contributed by atoms with E-state index in [2.05, 4.69) is 28.9 Å². The molecule has 1 atom stereocenters. The van der Waals surface area contributed by atoms with Crippen LogP contribution in [0, 0.1) is 0 Å². The molecule has 0 N–H and O–H groups in total. The minimum atomic E-state index is 0.739. The second-order valence-electron chi connectivity index (χ2n) is 3.66. The lowest BCUT2D eigenvalue weighted by Gasteiger charge is -2.12. The maximum absolute atomic E-state index is 4.04. The van der Waals surface area contributed by atoms with E-state index < -0.39 is 0 Å². The van der Waals surface area contributed by atoms with E-state index in [0.29, 0.717) is 0 Å². The van der Waals surface area contributed by atoms with Gasteiger partial charge in [-0.05, 0) is 43.1 Å². The SMILES string of the molecule is CCN1CCC(c2ccncc2)C1. The van der Waals surface area contributed by atoms with Crippen molar-refractivity contribution in [2.45, 2.75) is 19.3 Å². The van der Waals surface area contributed by atoms with E-state index in [4.69, 9.17) is 0 Å². The van der Waals surface area contributed by atoms with Crippen LogP contribution in [0.3, 0.4) is 0 Å². The Morgan fingerprint density at radius 2 is 2.23 bits per heavy atom. The molecule has 1 fully saturated rings. The van der Waals surface area contributed by atoms with Crippen LogP contribution < -0.4 is 0 Å². The van der Waals surface area contributed by atoms with Crippen LogP contribution in [0.2, 0.25) is 0 Å². The number of likely N-dealkylation sites (tertiary alicyclic amines) is 1. The van der Waals surface area contributed by atoms with E-state index in [1.54, 1.807) is 0 Å². The topological polar surface area (TPSA) is 16.1 Å². The Morgan fingerprint density at radius 1 is 1.46 bits per heavy atom. The molecular formula is C11H16N2. The molecule has 1 aromatic rings. The number of pyridine rings is 1. The molecule has 0 aromatic carbocycles. The molecule has 1 unspecified atom stereocenters. The third-order valence-electron chi connectivity index (χ3n) is 2.90. The van der Waals surface area contributed by atoms with Crippen LogP contribution >= 0.6 is 0 Å². The molecule has 0 radical (unpaired) electrons. The van der Waals surface area contributed by atoms with Crippen molar-refractivity contribution in [3.05, 3.63) is 30.1 Å². The van der Waals surface area contributed by atoms with E-state index in [0.717, 1.165) is 5.92 Å². The molecule has 0 saturated carbocycles. The van der Waals surface area contributed by atoms with Gasteiger partial charge in [-0.25, -0.2) is 0 Å². The zero-order chi connectivity index (χ0) is 9.10. The monoisotopic (exact) mass is 176 g/mol. The predicted octanol–water partition coefficient (Wildman–Crippen LogP) is 1.89. The molecule has 2 rings (SSSR count). The van der Waals surface area contributed by atoms with Gasteiger partial charge in [0.25, 0.3) is 0 Å². The molecule has 70 valence electrons. The lowest BCUT2D eigenvalue weighted by atomic mass is 10.00. The Morgan fingerprint density at radius 3 is 2.85 bits per heavy atom. The number of likely N-dealkylation sites (N-methyl/N-ethyl adjacent to an activating group) is 1. The average Bonchev–Trinajstić information content (AvgIpc) is 2.67. The van der Waals surface area contributed by atoms with Crippen molar-refractivity contribution >= 4 is 0 Å². The van der Waals surface area contributed by atoms with E-state index in [1.807, 2.05) is 12.4 Å². The Bertz CT molecular complexity index is 258. The fourth-order valence-corrected chi connectivity index (χ4v) is 2.03. The maximum Gasteiger partial charge on any atom is 0.0270 e. The quantitative estimate of drug-likeness (QED) is 0.684. The molecular weight excluding hydrogens is 160 g/mol. The summed E-state index contributed by atoms with van der Waals surface area (Å²) in [6, 6.07) is 4.29. The third-order valence-corrected chi connectivity index (χ3v) is 2.90. The smallest absolute Gasteiger partial charge is 0.0270 e. The molecule has 1 aliphatic rings. The molecule has 2 heterocycles. The second kappa shape index (κ2) is 3.88. The average molecular weight is 176 g/mol. The van der Waals surface area contributed by atoms with Gasteiger partial charge < -0.3 is 4.90 Å². The molecule has 1 aromatic heterocycles. The molecule has 1 aliphatic heterocycles. The summed E-state index contributed by atoms with van der Waals surface area (Å²) < 4.78 is 0. The minimum absolute atomic E-state index is 0.739. The summed E-state index contributed by atoms with van der Waals surface area (Å²) in [5, 5.41) is 0. The number of nitrogens with zero attached hydrogens (tertiary/aromatic N) is 2. The van der Waals surface area contributed by atoms with Gasteiger partial charge in [0.05, 0.1) is 0 Å². The summed E-state index contributed by atoms with van der Waals surface area (Å²) in [6.07, 6.45) is 5.09. The van der Waals surface area contributed by atoms with Gasteiger partial charge >= 0.3 is 0 Å². The highest BCUT2D eigenvalue weighted by atomic mass is 15.1. The van der Waals surface area contributed by atoms with E-state index in [1.165, 1.54) is 31.6 Å². The number of rotatable bonds is 2. The van der Waals surface area contributed by atoms with E-state index in [-0.39, 0.29) is 0 Å². The molecule has 0 amide bonds. The molecule has 0 aliphatic carbocycles. The molecule has 0 spiro atoms. The van der Waals surface area contributed by atoms with E-state index in [9.17, 15) is 0 Å². The predicted molar refractivity (Wildman–Crippen MR) is 53.7 cm³/mol. The first kappa shape index (κ1) is 8.70. The Kier molecular flexibility index (Phi) is 2.60. The highest BCUT2D eigenvalue weighted by molar-refractivity contribution is 5.17. The van der Waals surface area contributed by atoms with Gasteiger partial charge in [-0.1, -0.05) is 6.92 Å². The normalized spacial score (nSPS) is 23.6. The summed E-state index contributed by atoms with van der Waals surface area (Å²) in [6.45, 7) is 5.89. The Labute approximate surface area is 79.6 Å². The lowest BCUT2D eigenvalue weighted by Crippen LogP contribution is -2.19. The second-order valence-corrected chi connectivity index (χ2v) is 3.66. The Hall–Kier alpha value is -0.890.